The molecule has 0 unspecified atom stereocenters. The van der Waals surface area contributed by atoms with E-state index in [-0.39, 0.29) is 22.0 Å². The lowest BCUT2D eigenvalue weighted by molar-refractivity contribution is -0.142. The molecule has 0 bridgehead atoms. The average molecular weight is 541 g/mol. The number of hydrogen-bond acceptors (Lipinski definition) is 8. The molecule has 2 aromatic heterocycles. The van der Waals surface area contributed by atoms with Gasteiger partial charge in [-0.1, -0.05) is 6.07 Å². The van der Waals surface area contributed by atoms with Crippen LogP contribution in [0.15, 0.2) is 45.7 Å². The quantitative estimate of drug-likeness (QED) is 0.355. The monoisotopic (exact) mass is 541 g/mol. The summed E-state index contributed by atoms with van der Waals surface area (Å²) in [6.45, 7) is 1.43. The van der Waals surface area contributed by atoms with Gasteiger partial charge in [-0.15, -0.1) is 10.2 Å². The van der Waals surface area contributed by atoms with E-state index in [1.54, 1.807) is 0 Å². The number of carbonyl (C=O) groups is 2. The smallest absolute Gasteiger partial charge is 0.435 e. The molecule has 0 spiro atoms. The number of carbonyl (C=O) groups excluding carboxylic acids is 2. The number of ether oxygens (including phenoxy) is 1. The van der Waals surface area contributed by atoms with E-state index in [2.05, 4.69) is 24.9 Å². The van der Waals surface area contributed by atoms with Crippen LogP contribution in [0.5, 0.6) is 11.6 Å². The zero-order chi connectivity index (χ0) is 27.5. The highest BCUT2D eigenvalue weighted by molar-refractivity contribution is 7.93. The second-order valence-electron chi connectivity index (χ2n) is 7.60. The fraction of sp³-hybridized carbons (Fsp3) is 0.227. The Bertz CT molecular complexity index is 1500. The van der Waals surface area contributed by atoms with Crippen LogP contribution in [-0.4, -0.2) is 49.2 Å². The molecule has 1 aromatic carbocycles. The zero-order valence-corrected chi connectivity index (χ0v) is 20.3. The first-order chi connectivity index (χ1) is 17.2. The van der Waals surface area contributed by atoms with Gasteiger partial charge >= 0.3 is 6.18 Å². The molecule has 0 saturated heterocycles. The van der Waals surface area contributed by atoms with Crippen molar-refractivity contribution in [1.82, 2.24) is 15.2 Å². The number of aliphatic hydroxyl groups excluding tert-OH is 1. The van der Waals surface area contributed by atoms with Crippen molar-refractivity contribution in [3.63, 3.8) is 0 Å². The van der Waals surface area contributed by atoms with Gasteiger partial charge in [0, 0.05) is 16.8 Å². The number of aliphatic hydroxyl groups is 1. The Balaban J connectivity index is 2.06. The van der Waals surface area contributed by atoms with Gasteiger partial charge in [0.05, 0.1) is 15.4 Å². The normalized spacial score (nSPS) is 13.0. The fourth-order valence-corrected chi connectivity index (χ4v) is 4.34. The van der Waals surface area contributed by atoms with E-state index in [1.165, 1.54) is 31.2 Å². The molecule has 2 amide bonds. The van der Waals surface area contributed by atoms with Crippen LogP contribution >= 0.6 is 0 Å². The lowest BCUT2D eigenvalue weighted by atomic mass is 10.1. The Morgan fingerprint density at radius 1 is 1.16 bits per heavy atom. The molecule has 3 rings (SSSR count). The maximum atomic E-state index is 13.5. The van der Waals surface area contributed by atoms with Gasteiger partial charge in [-0.05, 0) is 49.7 Å². The Morgan fingerprint density at radius 3 is 2.49 bits per heavy atom. The number of hydrogen-bond donors (Lipinski definition) is 2. The summed E-state index contributed by atoms with van der Waals surface area (Å²) in [4.78, 5) is 28.2. The number of nitrogens with zero attached hydrogens (tertiary/aromatic N) is 4. The highest BCUT2D eigenvalue weighted by Crippen LogP contribution is 2.35. The predicted octanol–water partition coefficient (Wildman–Crippen LogP) is 3.67. The summed E-state index contributed by atoms with van der Waals surface area (Å²) < 4.78 is 75.5. The Kier molecular flexibility index (Phi) is 7.88. The number of aryl methyl sites for hydroxylation is 1. The number of nitrogens with one attached hydrogen (secondary N) is 1. The molecule has 2 N–H and O–H groups in total. The minimum absolute atomic E-state index is 0.000859. The van der Waals surface area contributed by atoms with Crippen molar-refractivity contribution in [2.75, 3.05) is 18.2 Å². The summed E-state index contributed by atoms with van der Waals surface area (Å²) in [5.41, 5.74) is -2.60. The van der Waals surface area contributed by atoms with Gasteiger partial charge in [0.2, 0.25) is 5.95 Å². The van der Waals surface area contributed by atoms with Crippen LogP contribution in [0.2, 0.25) is 0 Å². The first-order valence-electron chi connectivity index (χ1n) is 10.3. The number of halogens is 4. The Morgan fingerprint density at radius 2 is 1.86 bits per heavy atom. The van der Waals surface area contributed by atoms with E-state index in [0.29, 0.717) is 0 Å². The predicted molar refractivity (Wildman–Crippen MR) is 122 cm³/mol. The summed E-state index contributed by atoms with van der Waals surface area (Å²) in [5, 5.41) is 17.8. The zero-order valence-electron chi connectivity index (χ0n) is 19.5. The number of aromatic nitrogens is 3. The molecule has 0 fully saturated rings. The first-order valence-corrected chi connectivity index (χ1v) is 12.2. The van der Waals surface area contributed by atoms with Crippen molar-refractivity contribution >= 4 is 27.2 Å². The Hall–Kier alpha value is -3.98. The molecule has 0 aliphatic carbocycles. The second-order valence-corrected chi connectivity index (χ2v) is 9.86. The van der Waals surface area contributed by atoms with E-state index in [1.807, 2.05) is 0 Å². The van der Waals surface area contributed by atoms with Gasteiger partial charge in [0.15, 0.2) is 11.4 Å². The van der Waals surface area contributed by atoms with Gasteiger partial charge < -0.3 is 15.2 Å². The molecule has 37 heavy (non-hydrogen) atoms. The van der Waals surface area contributed by atoms with Crippen molar-refractivity contribution in [2.24, 2.45) is 4.36 Å². The minimum Gasteiger partial charge on any atom is -0.435 e. The Labute approximate surface area is 207 Å². The third-order valence-corrected chi connectivity index (χ3v) is 6.51. The molecular formula is C22H19F4N5O5S. The lowest BCUT2D eigenvalue weighted by Gasteiger charge is -2.16. The van der Waals surface area contributed by atoms with Crippen LogP contribution in [-0.2, 0) is 20.7 Å². The fourth-order valence-electron chi connectivity index (χ4n) is 3.12. The number of pyridine rings is 1. The summed E-state index contributed by atoms with van der Waals surface area (Å²) in [5.74, 6) is -3.60. The van der Waals surface area contributed by atoms with Crippen molar-refractivity contribution < 1.29 is 41.2 Å². The summed E-state index contributed by atoms with van der Waals surface area (Å²) in [6.07, 6.45) is -3.80. The van der Waals surface area contributed by atoms with Crippen LogP contribution in [0, 0.1) is 19.8 Å². The van der Waals surface area contributed by atoms with E-state index in [0.717, 1.165) is 25.3 Å². The lowest BCUT2D eigenvalue weighted by Crippen LogP contribution is -2.21. The summed E-state index contributed by atoms with van der Waals surface area (Å²) in [6, 6.07) is 7.40. The highest BCUT2D eigenvalue weighted by atomic mass is 32.2. The molecule has 0 aliphatic heterocycles. The molecule has 15 heteroatoms. The molecule has 1 atom stereocenters. The van der Waals surface area contributed by atoms with Gasteiger partial charge in [0.1, 0.15) is 12.2 Å². The molecule has 3 aromatic rings. The third-order valence-electron chi connectivity index (χ3n) is 4.83. The van der Waals surface area contributed by atoms with Gasteiger partial charge in [-0.25, -0.2) is 9.19 Å². The number of rotatable bonds is 6. The van der Waals surface area contributed by atoms with Crippen LogP contribution in [0.4, 0.5) is 23.2 Å². The maximum absolute atomic E-state index is 13.5. The van der Waals surface area contributed by atoms with E-state index >= 15 is 0 Å². The number of benzene rings is 1. The molecule has 2 heterocycles. The van der Waals surface area contributed by atoms with Gasteiger partial charge in [-0.2, -0.15) is 21.9 Å². The molecular weight excluding hydrogens is 522 g/mol. The maximum Gasteiger partial charge on any atom is 0.435 e. The number of alkyl halides is 3. The van der Waals surface area contributed by atoms with Crippen LogP contribution in [0.25, 0.3) is 0 Å². The first kappa shape index (κ1) is 27.6. The summed E-state index contributed by atoms with van der Waals surface area (Å²) >= 11 is 0. The third kappa shape index (κ3) is 6.42. The number of amides is 2. The van der Waals surface area contributed by atoms with Crippen molar-refractivity contribution in [2.45, 2.75) is 24.9 Å². The summed E-state index contributed by atoms with van der Waals surface area (Å²) in [7, 11) is -3.31. The molecule has 196 valence electrons. The van der Waals surface area contributed by atoms with Crippen molar-refractivity contribution in [3.05, 3.63) is 64.9 Å². The molecule has 0 aliphatic rings. The highest BCUT2D eigenvalue weighted by Gasteiger charge is 2.38. The molecule has 10 nitrogen and oxygen atoms in total. The van der Waals surface area contributed by atoms with Crippen LogP contribution < -0.4 is 10.1 Å². The van der Waals surface area contributed by atoms with E-state index < -0.39 is 63.0 Å². The standard InChI is InChI=1S/C22H19F4N5O5S/c1-11-18(20(34)28-13-5-4-6-14(9-13)37(3,35)31-17(33)10-32)21(30-29-19(11)22(24,25)26)36-15-7-8-16(23)27-12(15)2/h4-9,32H,10H2,1-3H3,(H,28,34)/t37-/m1/s1. The van der Waals surface area contributed by atoms with Gasteiger partial charge in [-0.3, -0.25) is 9.59 Å². The van der Waals surface area contributed by atoms with Crippen LogP contribution in [0.3, 0.4) is 0 Å². The van der Waals surface area contributed by atoms with Crippen molar-refractivity contribution in [1.29, 1.82) is 0 Å². The van der Waals surface area contributed by atoms with E-state index in [4.69, 9.17) is 9.84 Å². The van der Waals surface area contributed by atoms with Crippen LogP contribution in [0.1, 0.15) is 27.3 Å². The number of anilines is 1. The van der Waals surface area contributed by atoms with Gasteiger partial charge in [0.25, 0.3) is 17.7 Å². The van der Waals surface area contributed by atoms with Crippen molar-refractivity contribution in [3.8, 4) is 11.6 Å². The topological polar surface area (TPSA) is 144 Å². The van der Waals surface area contributed by atoms with E-state index in [9.17, 15) is 31.4 Å². The largest absolute Gasteiger partial charge is 0.435 e. The SMILES string of the molecule is Cc1nc(F)ccc1Oc1nnc(C(F)(F)F)c(C)c1C(=O)Nc1cccc([S@@](C)(=O)=NC(=O)CO)c1. The second kappa shape index (κ2) is 10.6. The molecule has 0 saturated carbocycles. The molecule has 0 radical (unpaired) electrons. The average Bonchev–Trinajstić information content (AvgIpc) is 2.80. The minimum atomic E-state index is -4.94.